The van der Waals surface area contributed by atoms with Crippen molar-refractivity contribution in [3.8, 4) is 5.75 Å². The van der Waals surface area contributed by atoms with Crippen molar-refractivity contribution in [2.75, 3.05) is 50.1 Å². The number of hydrogen-bond acceptors (Lipinski definition) is 5. The van der Waals surface area contributed by atoms with Crippen LogP contribution in [0, 0.1) is 0 Å². The predicted molar refractivity (Wildman–Crippen MR) is 127 cm³/mol. The molecule has 1 heterocycles. The molecule has 0 unspecified atom stereocenters. The third-order valence-electron chi connectivity index (χ3n) is 5.64. The molecule has 1 aliphatic heterocycles. The normalized spacial score (nSPS) is 14.1. The smallest absolute Gasteiger partial charge is 0.238 e. The molecule has 164 valence electrons. The van der Waals surface area contributed by atoms with E-state index in [9.17, 15) is 9.59 Å². The van der Waals surface area contributed by atoms with Gasteiger partial charge in [0.2, 0.25) is 5.91 Å². The van der Waals surface area contributed by atoms with Crippen molar-refractivity contribution in [2.45, 2.75) is 0 Å². The first kappa shape index (κ1) is 21.6. The SMILES string of the molecule is COc1cccc(N2CCN(CC(=O)Nc3ccccc3C(=O)c3ccccc3)CC2)c1. The Morgan fingerprint density at radius 3 is 2.34 bits per heavy atom. The van der Waals surface area contributed by atoms with E-state index in [2.05, 4.69) is 21.2 Å². The van der Waals surface area contributed by atoms with Crippen LogP contribution in [0.25, 0.3) is 0 Å². The number of para-hydroxylation sites is 1. The van der Waals surface area contributed by atoms with E-state index in [1.54, 1.807) is 31.4 Å². The molecule has 32 heavy (non-hydrogen) atoms. The largest absolute Gasteiger partial charge is 0.497 e. The summed E-state index contributed by atoms with van der Waals surface area (Å²) in [5.41, 5.74) is 2.76. The number of nitrogens with zero attached hydrogens (tertiary/aromatic N) is 2. The molecule has 1 N–H and O–H groups in total. The van der Waals surface area contributed by atoms with Crippen LogP contribution in [0.2, 0.25) is 0 Å². The number of anilines is 2. The van der Waals surface area contributed by atoms with E-state index in [1.807, 2.05) is 48.5 Å². The highest BCUT2D eigenvalue weighted by Crippen LogP contribution is 2.22. The number of nitrogens with one attached hydrogen (secondary N) is 1. The van der Waals surface area contributed by atoms with Crippen LogP contribution in [0.1, 0.15) is 15.9 Å². The molecule has 0 aliphatic carbocycles. The summed E-state index contributed by atoms with van der Waals surface area (Å²) in [6, 6.07) is 24.3. The second kappa shape index (κ2) is 10.1. The van der Waals surface area contributed by atoms with E-state index in [0.717, 1.165) is 37.6 Å². The van der Waals surface area contributed by atoms with E-state index >= 15 is 0 Å². The van der Waals surface area contributed by atoms with Gasteiger partial charge in [-0.1, -0.05) is 48.5 Å². The zero-order chi connectivity index (χ0) is 22.3. The van der Waals surface area contributed by atoms with Gasteiger partial charge in [-0.05, 0) is 24.3 Å². The minimum Gasteiger partial charge on any atom is -0.497 e. The molecule has 0 atom stereocenters. The standard InChI is InChI=1S/C26H27N3O3/c1-32-22-11-7-10-21(18-22)29-16-14-28(15-17-29)19-25(30)27-24-13-6-5-12-23(24)26(31)20-8-3-2-4-9-20/h2-13,18H,14-17,19H2,1H3,(H,27,30). The lowest BCUT2D eigenvalue weighted by Crippen LogP contribution is -2.48. The summed E-state index contributed by atoms with van der Waals surface area (Å²) in [5.74, 6) is 0.620. The van der Waals surface area contributed by atoms with Crippen molar-refractivity contribution in [3.63, 3.8) is 0 Å². The van der Waals surface area contributed by atoms with Crippen LogP contribution < -0.4 is 15.0 Å². The fraction of sp³-hybridized carbons (Fsp3) is 0.231. The molecule has 3 aromatic rings. The van der Waals surface area contributed by atoms with Gasteiger partial charge in [-0.25, -0.2) is 0 Å². The molecule has 0 spiro atoms. The average molecular weight is 430 g/mol. The Morgan fingerprint density at radius 2 is 1.59 bits per heavy atom. The van der Waals surface area contributed by atoms with E-state index in [0.29, 0.717) is 23.4 Å². The molecule has 1 fully saturated rings. The first-order valence-corrected chi connectivity index (χ1v) is 10.7. The van der Waals surface area contributed by atoms with E-state index in [-0.39, 0.29) is 11.7 Å². The number of ether oxygens (including phenoxy) is 1. The fourth-order valence-corrected chi connectivity index (χ4v) is 3.90. The van der Waals surface area contributed by atoms with E-state index in [4.69, 9.17) is 4.74 Å². The predicted octanol–water partition coefficient (Wildman–Crippen LogP) is 3.69. The summed E-state index contributed by atoms with van der Waals surface area (Å²) in [7, 11) is 1.67. The molecule has 0 radical (unpaired) electrons. The minimum atomic E-state index is -0.117. The molecule has 6 nitrogen and oxygen atoms in total. The zero-order valence-corrected chi connectivity index (χ0v) is 18.2. The summed E-state index contributed by atoms with van der Waals surface area (Å²) < 4.78 is 5.32. The van der Waals surface area contributed by atoms with Gasteiger partial charge in [-0.15, -0.1) is 0 Å². The van der Waals surface area contributed by atoms with Gasteiger partial charge in [0.15, 0.2) is 5.78 Å². The van der Waals surface area contributed by atoms with Gasteiger partial charge in [0.05, 0.1) is 19.3 Å². The maximum Gasteiger partial charge on any atom is 0.238 e. The number of amides is 1. The van der Waals surface area contributed by atoms with Crippen molar-refractivity contribution in [2.24, 2.45) is 0 Å². The average Bonchev–Trinajstić information content (AvgIpc) is 2.85. The second-order valence-electron chi connectivity index (χ2n) is 7.75. The number of carbonyl (C=O) groups is 2. The number of benzene rings is 3. The number of methoxy groups -OCH3 is 1. The van der Waals surface area contributed by atoms with Gasteiger partial charge >= 0.3 is 0 Å². The van der Waals surface area contributed by atoms with Crippen LogP contribution >= 0.6 is 0 Å². The second-order valence-corrected chi connectivity index (χ2v) is 7.75. The van der Waals surface area contributed by atoms with Crippen molar-refractivity contribution in [1.29, 1.82) is 0 Å². The number of rotatable bonds is 7. The van der Waals surface area contributed by atoms with Gasteiger partial charge < -0.3 is 15.0 Å². The Morgan fingerprint density at radius 1 is 0.875 bits per heavy atom. The van der Waals surface area contributed by atoms with Gasteiger partial charge in [-0.3, -0.25) is 14.5 Å². The molecule has 0 aromatic heterocycles. The Bertz CT molecular complexity index is 1080. The number of carbonyl (C=O) groups excluding carboxylic acids is 2. The molecule has 0 saturated carbocycles. The number of hydrogen-bond donors (Lipinski definition) is 1. The molecular formula is C26H27N3O3. The van der Waals surface area contributed by atoms with Crippen LogP contribution in [0.15, 0.2) is 78.9 Å². The first-order chi connectivity index (χ1) is 15.6. The summed E-state index contributed by atoms with van der Waals surface area (Å²) in [5, 5.41) is 2.93. The zero-order valence-electron chi connectivity index (χ0n) is 18.2. The molecule has 6 heteroatoms. The molecule has 1 amide bonds. The van der Waals surface area contributed by atoms with Crippen LogP contribution in [0.4, 0.5) is 11.4 Å². The van der Waals surface area contributed by atoms with Crippen molar-refractivity contribution >= 4 is 23.1 Å². The molecule has 0 bridgehead atoms. The lowest BCUT2D eigenvalue weighted by atomic mass is 10.0. The molecule has 4 rings (SSSR count). The van der Waals surface area contributed by atoms with Crippen molar-refractivity contribution in [1.82, 2.24) is 4.90 Å². The van der Waals surface area contributed by atoms with Crippen LogP contribution in [0.3, 0.4) is 0 Å². The quantitative estimate of drug-likeness (QED) is 0.581. The molecule has 1 saturated heterocycles. The summed E-state index contributed by atoms with van der Waals surface area (Å²) in [4.78, 5) is 30.0. The van der Waals surface area contributed by atoms with Gasteiger partial charge in [0.1, 0.15) is 5.75 Å². The summed E-state index contributed by atoms with van der Waals surface area (Å²) >= 11 is 0. The molecule has 3 aromatic carbocycles. The maximum atomic E-state index is 12.9. The van der Waals surface area contributed by atoms with E-state index < -0.39 is 0 Å². The topological polar surface area (TPSA) is 61.9 Å². The lowest BCUT2D eigenvalue weighted by molar-refractivity contribution is -0.117. The van der Waals surface area contributed by atoms with E-state index in [1.165, 1.54) is 0 Å². The highest BCUT2D eigenvalue weighted by atomic mass is 16.5. The minimum absolute atomic E-state index is 0.103. The van der Waals surface area contributed by atoms with Crippen LogP contribution in [0.5, 0.6) is 5.75 Å². The molecule has 1 aliphatic rings. The summed E-state index contributed by atoms with van der Waals surface area (Å²) in [6.45, 7) is 3.54. The monoisotopic (exact) mass is 429 g/mol. The molecular weight excluding hydrogens is 402 g/mol. The Hall–Kier alpha value is -3.64. The van der Waals surface area contributed by atoms with Crippen LogP contribution in [-0.2, 0) is 4.79 Å². The third-order valence-corrected chi connectivity index (χ3v) is 5.64. The van der Waals surface area contributed by atoms with Crippen molar-refractivity contribution in [3.05, 3.63) is 90.0 Å². The van der Waals surface area contributed by atoms with Gasteiger partial charge in [0, 0.05) is 49.1 Å². The van der Waals surface area contributed by atoms with Crippen LogP contribution in [-0.4, -0.2) is 56.4 Å². The number of piperazine rings is 1. The fourth-order valence-electron chi connectivity index (χ4n) is 3.90. The van der Waals surface area contributed by atoms with Gasteiger partial charge in [0.25, 0.3) is 0 Å². The van der Waals surface area contributed by atoms with Crippen molar-refractivity contribution < 1.29 is 14.3 Å². The highest BCUT2D eigenvalue weighted by molar-refractivity contribution is 6.13. The van der Waals surface area contributed by atoms with Gasteiger partial charge in [-0.2, -0.15) is 0 Å². The lowest BCUT2D eigenvalue weighted by Gasteiger charge is -2.35. The Balaban J connectivity index is 1.35. The maximum absolute atomic E-state index is 12.9. The Labute approximate surface area is 188 Å². The highest BCUT2D eigenvalue weighted by Gasteiger charge is 2.21. The summed E-state index contributed by atoms with van der Waals surface area (Å²) in [6.07, 6.45) is 0. The number of ketones is 1. The Kier molecular flexibility index (Phi) is 6.82. The first-order valence-electron chi connectivity index (χ1n) is 10.7. The third kappa shape index (κ3) is 5.15.